The van der Waals surface area contributed by atoms with Crippen molar-refractivity contribution in [2.24, 2.45) is 34.5 Å². The van der Waals surface area contributed by atoms with Crippen molar-refractivity contribution in [2.75, 3.05) is 0 Å². The predicted octanol–water partition coefficient (Wildman–Crippen LogP) is 1.31. The number of aromatic nitrogens is 3. The molecule has 9 rings (SSSR count). The van der Waals surface area contributed by atoms with Gasteiger partial charge in [-0.1, -0.05) is 34.1 Å². The van der Waals surface area contributed by atoms with Crippen molar-refractivity contribution in [1.82, 2.24) is 13.9 Å². The molecule has 3 heterocycles. The molecule has 7 aliphatic rings. The maximum absolute atomic E-state index is 13.4. The van der Waals surface area contributed by atoms with Gasteiger partial charge in [0, 0.05) is 15.7 Å². The van der Waals surface area contributed by atoms with Gasteiger partial charge in [0.2, 0.25) is 0 Å². The van der Waals surface area contributed by atoms with E-state index in [0.717, 1.165) is 12.8 Å². The van der Waals surface area contributed by atoms with Gasteiger partial charge in [-0.15, -0.1) is 0 Å². The summed E-state index contributed by atoms with van der Waals surface area (Å²) in [6.07, 6.45) is 1.34. The Labute approximate surface area is 162 Å². The average Bonchev–Trinajstić information content (AvgIpc) is 3.40. The van der Waals surface area contributed by atoms with E-state index >= 15 is 0 Å². The van der Waals surface area contributed by atoms with Crippen molar-refractivity contribution in [3.63, 3.8) is 0 Å². The van der Waals surface area contributed by atoms with E-state index in [9.17, 15) is 14.7 Å². The first-order chi connectivity index (χ1) is 13.1. The SMILES string of the molecule is O=c1n(-c2ccccc2)c(=O)n2n1[C@H]1[C@H]3[C@@H]4[C@@H]3[C@H]2[C@@]23C[C@@H](Br)[C@H](O)C[C@]12[C@@H]43. The molecule has 0 saturated heterocycles. The molecule has 2 bridgehead atoms. The molecule has 5 saturated carbocycles. The zero-order chi connectivity index (χ0) is 18.0. The molecule has 1 N–H and O–H groups in total. The van der Waals surface area contributed by atoms with Gasteiger partial charge >= 0.3 is 11.4 Å². The van der Waals surface area contributed by atoms with Gasteiger partial charge in [0.1, 0.15) is 0 Å². The number of aliphatic hydroxyl groups excluding tert-OH is 1. The van der Waals surface area contributed by atoms with E-state index < -0.39 is 0 Å². The monoisotopic (exact) mass is 427 g/mol. The molecule has 0 radical (unpaired) electrons. The van der Waals surface area contributed by atoms with Crippen molar-refractivity contribution >= 4 is 15.9 Å². The zero-order valence-corrected chi connectivity index (χ0v) is 16.0. The first kappa shape index (κ1) is 14.4. The number of alkyl halides is 1. The van der Waals surface area contributed by atoms with Crippen LogP contribution in [0.25, 0.3) is 5.69 Å². The molecule has 1 aromatic heterocycles. The first-order valence-corrected chi connectivity index (χ1v) is 10.8. The summed E-state index contributed by atoms with van der Waals surface area (Å²) < 4.78 is 5.00. The number of aliphatic hydroxyl groups is 1. The quantitative estimate of drug-likeness (QED) is 0.697. The van der Waals surface area contributed by atoms with Crippen LogP contribution in [0.15, 0.2) is 39.9 Å². The average molecular weight is 428 g/mol. The van der Waals surface area contributed by atoms with Crippen molar-refractivity contribution in [1.29, 1.82) is 0 Å². The normalized spacial score (nSPS) is 53.9. The molecular weight excluding hydrogens is 410 g/mol. The standard InChI is InChI=1S/C20H18BrN3O3/c21-9-6-19-14-11-12-13(11)16(20(14,19)7-10(9)25)24-18(27)22(8-4-2-1-3-5-8)17(26)23(24)15(12)19/h1-5,9-16,25H,6-7H2/t9-,10-,11+,12+,13+,14+,15+,16+,19+,20+/m1/s1. The third-order valence-electron chi connectivity index (χ3n) is 9.30. The molecule has 5 fully saturated rings. The van der Waals surface area contributed by atoms with Crippen molar-refractivity contribution in [3.05, 3.63) is 51.3 Å². The van der Waals surface area contributed by atoms with Gasteiger partial charge in [-0.05, 0) is 48.6 Å². The number of para-hydroxylation sites is 1. The molecule has 6 nitrogen and oxygen atoms in total. The van der Waals surface area contributed by atoms with Crippen LogP contribution >= 0.6 is 15.9 Å². The van der Waals surface area contributed by atoms with E-state index in [2.05, 4.69) is 15.9 Å². The Kier molecular flexibility index (Phi) is 2.02. The topological polar surface area (TPSA) is 69.2 Å². The summed E-state index contributed by atoms with van der Waals surface area (Å²) in [5.41, 5.74) is 0.431. The summed E-state index contributed by atoms with van der Waals surface area (Å²) in [6, 6.07) is 9.50. The summed E-state index contributed by atoms with van der Waals surface area (Å²) in [4.78, 5) is 26.9. The molecule has 2 aromatic rings. The van der Waals surface area contributed by atoms with E-state index in [1.54, 1.807) is 0 Å². The molecule has 2 aliphatic heterocycles. The molecule has 10 atom stereocenters. The fourth-order valence-electron chi connectivity index (χ4n) is 8.99. The Bertz CT molecular complexity index is 1110. The first-order valence-electron chi connectivity index (χ1n) is 9.89. The third-order valence-corrected chi connectivity index (χ3v) is 10.2. The molecular formula is C20H18BrN3O3. The summed E-state index contributed by atoms with van der Waals surface area (Å²) in [7, 11) is 0. The smallest absolute Gasteiger partial charge is 0.352 e. The molecule has 0 unspecified atom stereocenters. The lowest BCUT2D eigenvalue weighted by molar-refractivity contribution is -0.0543. The van der Waals surface area contributed by atoms with Crippen LogP contribution in [0.4, 0.5) is 0 Å². The summed E-state index contributed by atoms with van der Waals surface area (Å²) >= 11 is 3.70. The van der Waals surface area contributed by atoms with E-state index in [-0.39, 0.29) is 45.2 Å². The third kappa shape index (κ3) is 1.10. The maximum Gasteiger partial charge on any atom is 0.352 e. The molecule has 1 aromatic carbocycles. The van der Waals surface area contributed by atoms with Crippen LogP contribution in [0.5, 0.6) is 0 Å². The lowest BCUT2D eigenvalue weighted by atomic mass is 9.64. The molecule has 5 aliphatic carbocycles. The molecule has 27 heavy (non-hydrogen) atoms. The van der Waals surface area contributed by atoms with Crippen LogP contribution in [0.2, 0.25) is 0 Å². The van der Waals surface area contributed by atoms with Gasteiger partial charge < -0.3 is 5.11 Å². The van der Waals surface area contributed by atoms with Gasteiger partial charge in [0.25, 0.3) is 0 Å². The van der Waals surface area contributed by atoms with Gasteiger partial charge in [0.15, 0.2) is 0 Å². The zero-order valence-electron chi connectivity index (χ0n) is 14.4. The second kappa shape index (κ2) is 3.79. The lowest BCUT2D eigenvalue weighted by Crippen LogP contribution is -2.56. The summed E-state index contributed by atoms with van der Waals surface area (Å²) in [5, 5.41) is 10.6. The summed E-state index contributed by atoms with van der Waals surface area (Å²) in [6.45, 7) is 0. The summed E-state index contributed by atoms with van der Waals surface area (Å²) in [5.74, 6) is 2.38. The Morgan fingerprint density at radius 1 is 0.926 bits per heavy atom. The number of halogens is 1. The number of benzene rings is 1. The Balaban J connectivity index is 1.44. The Morgan fingerprint density at radius 3 is 2.15 bits per heavy atom. The fraction of sp³-hybridized carbons (Fsp3) is 0.600. The molecule has 138 valence electrons. The minimum atomic E-state index is -0.356. The molecule has 7 heteroatoms. The van der Waals surface area contributed by atoms with Gasteiger partial charge in [0.05, 0.1) is 23.9 Å². The van der Waals surface area contributed by atoms with Gasteiger partial charge in [-0.25, -0.2) is 23.5 Å². The second-order valence-corrected chi connectivity index (χ2v) is 10.8. The fourth-order valence-corrected chi connectivity index (χ4v) is 9.72. The highest BCUT2D eigenvalue weighted by Gasteiger charge is 3.03. The number of hydrogen-bond acceptors (Lipinski definition) is 3. The van der Waals surface area contributed by atoms with Crippen LogP contribution in [0.3, 0.4) is 0 Å². The minimum absolute atomic E-state index is 0.0462. The van der Waals surface area contributed by atoms with E-state index in [1.165, 1.54) is 4.57 Å². The largest absolute Gasteiger partial charge is 0.392 e. The number of hydrogen-bond donors (Lipinski definition) is 1. The highest BCUT2D eigenvalue weighted by Crippen LogP contribution is 3.04. The minimum Gasteiger partial charge on any atom is -0.392 e. The predicted molar refractivity (Wildman–Crippen MR) is 99.1 cm³/mol. The van der Waals surface area contributed by atoms with E-state index in [1.807, 2.05) is 39.7 Å². The lowest BCUT2D eigenvalue weighted by Gasteiger charge is -2.52. The number of nitrogens with zero attached hydrogens (tertiary/aromatic N) is 3. The van der Waals surface area contributed by atoms with Crippen LogP contribution < -0.4 is 11.4 Å². The molecule has 0 amide bonds. The van der Waals surface area contributed by atoms with Gasteiger partial charge in [-0.2, -0.15) is 0 Å². The maximum atomic E-state index is 13.4. The van der Waals surface area contributed by atoms with Crippen molar-refractivity contribution in [3.8, 4) is 5.69 Å². The van der Waals surface area contributed by atoms with Crippen LogP contribution in [0, 0.1) is 34.5 Å². The second-order valence-electron chi connectivity index (χ2n) is 9.60. The number of rotatable bonds is 1. The highest BCUT2D eigenvalue weighted by molar-refractivity contribution is 9.09. The highest BCUT2D eigenvalue weighted by atomic mass is 79.9. The Hall–Kier alpha value is -1.60. The Morgan fingerprint density at radius 2 is 1.52 bits per heavy atom. The van der Waals surface area contributed by atoms with Gasteiger partial charge in [-0.3, -0.25) is 0 Å². The molecule has 2 spiro atoms. The van der Waals surface area contributed by atoms with Crippen molar-refractivity contribution in [2.45, 2.75) is 35.9 Å². The van der Waals surface area contributed by atoms with E-state index in [4.69, 9.17) is 0 Å². The van der Waals surface area contributed by atoms with Crippen LogP contribution in [0.1, 0.15) is 24.9 Å². The van der Waals surface area contributed by atoms with Crippen LogP contribution in [-0.2, 0) is 0 Å². The van der Waals surface area contributed by atoms with Crippen LogP contribution in [-0.4, -0.2) is 30.0 Å². The van der Waals surface area contributed by atoms with E-state index in [0.29, 0.717) is 29.4 Å². The van der Waals surface area contributed by atoms with Crippen molar-refractivity contribution < 1.29 is 5.11 Å².